The molecule has 0 aliphatic rings. The number of aromatic nitrogens is 3. The number of aliphatic carboxylic acids is 1. The van der Waals surface area contributed by atoms with Crippen LogP contribution in [0.3, 0.4) is 0 Å². The summed E-state index contributed by atoms with van der Waals surface area (Å²) in [6.07, 6.45) is 1.46. The Morgan fingerprint density at radius 1 is 1.41 bits per heavy atom. The van der Waals surface area contributed by atoms with Gasteiger partial charge in [0, 0.05) is 13.6 Å². The quantitative estimate of drug-likeness (QED) is 0.905. The fourth-order valence-electron chi connectivity index (χ4n) is 1.88. The van der Waals surface area contributed by atoms with Gasteiger partial charge in [0.15, 0.2) is 5.69 Å². The molecule has 22 heavy (non-hydrogen) atoms. The van der Waals surface area contributed by atoms with Crippen molar-refractivity contribution in [3.63, 3.8) is 0 Å². The first-order valence-corrected chi connectivity index (χ1v) is 6.93. The molecule has 1 heterocycles. The SMILES string of the molecule is CC(CN(C)C(=O)c1cn(-c2ccccc2Cl)nn1)C(=O)O. The summed E-state index contributed by atoms with van der Waals surface area (Å²) in [6, 6.07) is 7.04. The Balaban J connectivity index is 2.16. The Morgan fingerprint density at radius 3 is 2.73 bits per heavy atom. The predicted molar refractivity (Wildman–Crippen MR) is 80.1 cm³/mol. The van der Waals surface area contributed by atoms with Gasteiger partial charge >= 0.3 is 5.97 Å². The molecule has 7 nitrogen and oxygen atoms in total. The summed E-state index contributed by atoms with van der Waals surface area (Å²) in [7, 11) is 1.52. The van der Waals surface area contributed by atoms with E-state index >= 15 is 0 Å². The maximum atomic E-state index is 12.2. The maximum absolute atomic E-state index is 12.2. The average Bonchev–Trinajstić information content (AvgIpc) is 2.96. The van der Waals surface area contributed by atoms with Crippen LogP contribution < -0.4 is 0 Å². The molecule has 1 aromatic carbocycles. The fourth-order valence-corrected chi connectivity index (χ4v) is 2.11. The van der Waals surface area contributed by atoms with Gasteiger partial charge in [-0.3, -0.25) is 9.59 Å². The van der Waals surface area contributed by atoms with Crippen LogP contribution in [0.2, 0.25) is 5.02 Å². The van der Waals surface area contributed by atoms with E-state index < -0.39 is 17.8 Å². The van der Waals surface area contributed by atoms with Gasteiger partial charge in [0.25, 0.3) is 5.91 Å². The molecule has 0 aliphatic carbocycles. The Bertz CT molecular complexity index is 701. The minimum Gasteiger partial charge on any atom is -0.481 e. The number of hydrogen-bond acceptors (Lipinski definition) is 4. The molecule has 0 saturated carbocycles. The molecule has 1 N–H and O–H groups in total. The topological polar surface area (TPSA) is 88.3 Å². The molecule has 0 spiro atoms. The van der Waals surface area contributed by atoms with Gasteiger partial charge in [-0.15, -0.1) is 5.10 Å². The minimum absolute atomic E-state index is 0.0904. The monoisotopic (exact) mass is 322 g/mol. The fraction of sp³-hybridized carbons (Fsp3) is 0.286. The molecule has 0 radical (unpaired) electrons. The van der Waals surface area contributed by atoms with Gasteiger partial charge in [0.1, 0.15) is 0 Å². The van der Waals surface area contributed by atoms with Crippen LogP contribution in [0.4, 0.5) is 0 Å². The number of hydrogen-bond donors (Lipinski definition) is 1. The van der Waals surface area contributed by atoms with Gasteiger partial charge in [0.2, 0.25) is 0 Å². The number of carbonyl (C=O) groups excluding carboxylic acids is 1. The predicted octanol–water partition coefficient (Wildman–Crippen LogP) is 1.71. The molecule has 1 aromatic heterocycles. The zero-order valence-corrected chi connectivity index (χ0v) is 12.9. The van der Waals surface area contributed by atoms with E-state index in [1.54, 1.807) is 24.3 Å². The van der Waals surface area contributed by atoms with E-state index in [9.17, 15) is 9.59 Å². The first-order chi connectivity index (χ1) is 10.4. The second-order valence-corrected chi connectivity index (χ2v) is 5.33. The van der Waals surface area contributed by atoms with E-state index in [-0.39, 0.29) is 12.2 Å². The van der Waals surface area contributed by atoms with E-state index in [0.29, 0.717) is 10.7 Å². The van der Waals surface area contributed by atoms with Crippen LogP contribution in [0.1, 0.15) is 17.4 Å². The number of amides is 1. The summed E-state index contributed by atoms with van der Waals surface area (Å²) in [5.41, 5.74) is 0.734. The third-order valence-electron chi connectivity index (χ3n) is 3.13. The molecule has 2 rings (SSSR count). The molecule has 1 amide bonds. The zero-order valence-electron chi connectivity index (χ0n) is 12.1. The summed E-state index contributed by atoms with van der Waals surface area (Å²) in [5.74, 6) is -2.02. The molecule has 0 fully saturated rings. The molecular formula is C14H15ClN4O3. The van der Waals surface area contributed by atoms with Crippen LogP contribution in [-0.4, -0.2) is 50.5 Å². The van der Waals surface area contributed by atoms with E-state index in [0.717, 1.165) is 0 Å². The number of carboxylic acids is 1. The second kappa shape index (κ2) is 6.57. The standard InChI is InChI=1S/C14H15ClN4O3/c1-9(14(21)22)7-18(2)13(20)11-8-19(17-16-11)12-6-4-3-5-10(12)15/h3-6,8-9H,7H2,1-2H3,(H,21,22). The summed E-state index contributed by atoms with van der Waals surface area (Å²) < 4.78 is 1.41. The summed E-state index contributed by atoms with van der Waals surface area (Å²) in [4.78, 5) is 24.4. The van der Waals surface area contributed by atoms with Gasteiger partial charge < -0.3 is 10.0 Å². The molecule has 1 unspecified atom stereocenters. The van der Waals surface area contributed by atoms with Crippen molar-refractivity contribution < 1.29 is 14.7 Å². The lowest BCUT2D eigenvalue weighted by molar-refractivity contribution is -0.141. The van der Waals surface area contributed by atoms with Gasteiger partial charge in [-0.1, -0.05) is 35.9 Å². The normalized spacial score (nSPS) is 12.0. The Labute approximate surface area is 132 Å². The third kappa shape index (κ3) is 3.43. The Kier molecular flexibility index (Phi) is 4.77. The molecule has 8 heteroatoms. The first kappa shape index (κ1) is 16.0. The van der Waals surface area contributed by atoms with Gasteiger partial charge in [0.05, 0.1) is 22.8 Å². The van der Waals surface area contributed by atoms with Crippen molar-refractivity contribution in [3.05, 3.63) is 41.2 Å². The number of halogens is 1. The molecule has 0 bridgehead atoms. The molecule has 0 aliphatic heterocycles. The Morgan fingerprint density at radius 2 is 2.09 bits per heavy atom. The molecule has 1 atom stereocenters. The molecular weight excluding hydrogens is 308 g/mol. The highest BCUT2D eigenvalue weighted by atomic mass is 35.5. The number of nitrogens with zero attached hydrogens (tertiary/aromatic N) is 4. The number of benzene rings is 1. The smallest absolute Gasteiger partial charge is 0.308 e. The van der Waals surface area contributed by atoms with Crippen molar-refractivity contribution in [2.24, 2.45) is 5.92 Å². The van der Waals surface area contributed by atoms with Crippen LogP contribution in [0.5, 0.6) is 0 Å². The van der Waals surface area contributed by atoms with E-state index in [4.69, 9.17) is 16.7 Å². The highest BCUT2D eigenvalue weighted by Crippen LogP contribution is 2.18. The summed E-state index contributed by atoms with van der Waals surface area (Å²) in [6.45, 7) is 1.62. The van der Waals surface area contributed by atoms with E-state index in [2.05, 4.69) is 10.3 Å². The van der Waals surface area contributed by atoms with Crippen LogP contribution in [0, 0.1) is 5.92 Å². The number of rotatable bonds is 5. The largest absolute Gasteiger partial charge is 0.481 e. The maximum Gasteiger partial charge on any atom is 0.308 e. The van der Waals surface area contributed by atoms with Crippen LogP contribution >= 0.6 is 11.6 Å². The first-order valence-electron chi connectivity index (χ1n) is 6.55. The van der Waals surface area contributed by atoms with Crippen LogP contribution in [-0.2, 0) is 4.79 Å². The zero-order chi connectivity index (χ0) is 16.3. The van der Waals surface area contributed by atoms with Crippen LogP contribution in [0.15, 0.2) is 30.5 Å². The van der Waals surface area contributed by atoms with Gasteiger partial charge in [-0.25, -0.2) is 4.68 Å². The summed E-state index contributed by atoms with van der Waals surface area (Å²) >= 11 is 6.06. The lowest BCUT2D eigenvalue weighted by atomic mass is 10.2. The molecule has 116 valence electrons. The van der Waals surface area contributed by atoms with Crippen LogP contribution in [0.25, 0.3) is 5.69 Å². The van der Waals surface area contributed by atoms with Crippen molar-refractivity contribution in [3.8, 4) is 5.69 Å². The second-order valence-electron chi connectivity index (χ2n) is 4.92. The van der Waals surface area contributed by atoms with E-state index in [1.807, 2.05) is 0 Å². The van der Waals surface area contributed by atoms with Crippen molar-refractivity contribution in [1.82, 2.24) is 19.9 Å². The highest BCUT2D eigenvalue weighted by molar-refractivity contribution is 6.32. The third-order valence-corrected chi connectivity index (χ3v) is 3.45. The van der Waals surface area contributed by atoms with E-state index in [1.165, 1.54) is 29.7 Å². The van der Waals surface area contributed by atoms with Gasteiger partial charge in [-0.05, 0) is 12.1 Å². The summed E-state index contributed by atoms with van der Waals surface area (Å²) in [5, 5.41) is 17.1. The number of carbonyl (C=O) groups is 2. The van der Waals surface area contributed by atoms with Gasteiger partial charge in [-0.2, -0.15) is 0 Å². The average molecular weight is 323 g/mol. The molecule has 2 aromatic rings. The van der Waals surface area contributed by atoms with Crippen molar-refractivity contribution >= 4 is 23.5 Å². The van der Waals surface area contributed by atoms with Crippen molar-refractivity contribution in [2.75, 3.05) is 13.6 Å². The number of para-hydroxylation sites is 1. The van der Waals surface area contributed by atoms with Crippen molar-refractivity contribution in [1.29, 1.82) is 0 Å². The minimum atomic E-state index is -0.959. The molecule has 0 saturated heterocycles. The van der Waals surface area contributed by atoms with Crippen molar-refractivity contribution in [2.45, 2.75) is 6.92 Å². The lowest BCUT2D eigenvalue weighted by Gasteiger charge is -2.17. The number of carboxylic acid groups (broad SMARTS) is 1. The lowest BCUT2D eigenvalue weighted by Crippen LogP contribution is -2.33. The highest BCUT2D eigenvalue weighted by Gasteiger charge is 2.21. The Hall–Kier alpha value is -2.41.